The zero-order valence-electron chi connectivity index (χ0n) is 16.6. The molecule has 0 spiro atoms. The topological polar surface area (TPSA) is 150 Å². The first-order valence-corrected chi connectivity index (χ1v) is 10.8. The van der Waals surface area contributed by atoms with Crippen LogP contribution in [-0.4, -0.2) is 44.6 Å². The maximum Gasteiger partial charge on any atom is 0.104 e. The molecule has 0 unspecified atom stereocenters. The van der Waals surface area contributed by atoms with E-state index in [-0.39, 0.29) is 6.61 Å². The minimum Gasteiger partial charge on any atom is -0.392 e. The van der Waals surface area contributed by atoms with Gasteiger partial charge in [-0.25, -0.2) is 0 Å². The Morgan fingerprint density at radius 2 is 1.55 bits per heavy atom. The molecule has 31 heavy (non-hydrogen) atoms. The number of rotatable bonds is 3. The number of nitriles is 2. The van der Waals surface area contributed by atoms with Crippen molar-refractivity contribution in [3.05, 3.63) is 66.8 Å². The van der Waals surface area contributed by atoms with Gasteiger partial charge in [0.05, 0.1) is 49.1 Å². The molecule has 0 radical (unpaired) electrons. The molecule has 0 aromatic carbocycles. The largest absolute Gasteiger partial charge is 0.392 e. The van der Waals surface area contributed by atoms with E-state index in [0.717, 1.165) is 18.5 Å². The van der Waals surface area contributed by atoms with Gasteiger partial charge in [0.15, 0.2) is 0 Å². The second-order valence-electron chi connectivity index (χ2n) is 5.96. The van der Waals surface area contributed by atoms with Gasteiger partial charge in [-0.1, -0.05) is 0 Å². The summed E-state index contributed by atoms with van der Waals surface area (Å²) in [6.07, 6.45) is 9.78. The summed E-state index contributed by atoms with van der Waals surface area (Å²) in [6, 6.07) is 3.96. The van der Waals surface area contributed by atoms with Crippen molar-refractivity contribution < 1.29 is 5.11 Å². The van der Waals surface area contributed by atoms with Crippen molar-refractivity contribution >= 4 is 45.2 Å². The van der Waals surface area contributed by atoms with Crippen LogP contribution in [0, 0.1) is 30.1 Å². The lowest BCUT2D eigenvalue weighted by Gasteiger charge is -1.99. The van der Waals surface area contributed by atoms with Crippen molar-refractivity contribution in [2.75, 3.05) is 0 Å². The van der Waals surface area contributed by atoms with Gasteiger partial charge in [-0.15, -0.1) is 0 Å². The van der Waals surface area contributed by atoms with Gasteiger partial charge in [0.2, 0.25) is 0 Å². The number of hydrogen-bond acceptors (Lipinski definition) is 7. The fourth-order valence-electron chi connectivity index (χ4n) is 2.14. The van der Waals surface area contributed by atoms with Gasteiger partial charge in [-0.05, 0) is 45.2 Å². The Labute approximate surface area is 205 Å². The monoisotopic (exact) mass is 644 g/mol. The molecule has 4 heterocycles. The van der Waals surface area contributed by atoms with E-state index in [1.165, 1.54) is 6.20 Å². The first-order valence-electron chi connectivity index (χ1n) is 8.64. The maximum absolute atomic E-state index is 8.67. The lowest BCUT2D eigenvalue weighted by molar-refractivity contribution is 0.281. The smallest absolute Gasteiger partial charge is 0.104 e. The highest BCUT2D eigenvalue weighted by atomic mass is 127. The Hall–Kier alpha value is -2.76. The summed E-state index contributed by atoms with van der Waals surface area (Å²) in [6.45, 7) is 0.722. The summed E-state index contributed by atoms with van der Waals surface area (Å²) in [5.74, 6) is 0. The normalized spacial score (nSPS) is 9.65. The van der Waals surface area contributed by atoms with Crippen molar-refractivity contribution in [1.29, 1.82) is 10.5 Å². The van der Waals surface area contributed by atoms with Crippen LogP contribution in [0.25, 0.3) is 0 Å². The number of nitrogens with one attached hydrogen (secondary N) is 1. The second-order valence-corrected chi connectivity index (χ2v) is 8.01. The summed E-state index contributed by atoms with van der Waals surface area (Å²) in [5.41, 5.74) is 3.14. The highest BCUT2D eigenvalue weighted by Crippen LogP contribution is 2.12. The average molecular weight is 644 g/mol. The number of halogens is 2. The van der Waals surface area contributed by atoms with E-state index in [9.17, 15) is 0 Å². The number of aliphatic hydroxyl groups excluding tert-OH is 1. The molecule has 0 aliphatic heterocycles. The van der Waals surface area contributed by atoms with Gasteiger partial charge >= 0.3 is 0 Å². The van der Waals surface area contributed by atoms with Crippen LogP contribution in [0.2, 0.25) is 0 Å². The number of nitrogens with zero attached hydrogens (tertiary/aromatic N) is 9. The van der Waals surface area contributed by atoms with Crippen molar-refractivity contribution in [3.8, 4) is 12.1 Å². The molecule has 0 amide bonds. The van der Waals surface area contributed by atoms with Gasteiger partial charge in [0, 0.05) is 37.6 Å². The van der Waals surface area contributed by atoms with Gasteiger partial charge in [0.1, 0.15) is 19.5 Å². The predicted octanol–water partition coefficient (Wildman–Crippen LogP) is 1.94. The van der Waals surface area contributed by atoms with Crippen molar-refractivity contribution in [2.45, 2.75) is 13.2 Å². The van der Waals surface area contributed by atoms with Crippen molar-refractivity contribution in [3.63, 3.8) is 0 Å². The number of aromatic amines is 1. The Kier molecular flexibility index (Phi) is 9.63. The van der Waals surface area contributed by atoms with Crippen LogP contribution in [0.5, 0.6) is 0 Å². The van der Waals surface area contributed by atoms with Crippen molar-refractivity contribution in [1.82, 2.24) is 39.5 Å². The standard InChI is InChI=1S/C9H8IN5.C5H7IN2O.C4H3N3/c1-14-9(10)8(4-12-14)6-15-5-7(2-11)3-13-15;1-8-5(6)4(3-9)2-7-8;5-1-4-2-6-7-3-4/h3-5H,6H2,1H3;2,9H,3H2,1H3;2-3H,(H,6,7). The van der Waals surface area contributed by atoms with Crippen LogP contribution >= 0.6 is 45.2 Å². The summed E-state index contributed by atoms with van der Waals surface area (Å²) >= 11 is 4.38. The Morgan fingerprint density at radius 3 is 1.90 bits per heavy atom. The SMILES string of the molecule is Cn1ncc(CO)c1I.Cn1ncc(Cn2cc(C#N)cn2)c1I.N#Cc1cn[nH]c1. The molecular formula is C18H18I2N10O. The molecule has 0 saturated heterocycles. The van der Waals surface area contributed by atoms with Gasteiger partial charge in [-0.2, -0.15) is 30.9 Å². The van der Waals surface area contributed by atoms with E-state index < -0.39 is 0 Å². The predicted molar refractivity (Wildman–Crippen MR) is 127 cm³/mol. The third-order valence-electron chi connectivity index (χ3n) is 3.76. The molecule has 0 atom stereocenters. The van der Waals surface area contributed by atoms with E-state index >= 15 is 0 Å². The van der Waals surface area contributed by atoms with Crippen LogP contribution in [0.15, 0.2) is 37.2 Å². The third kappa shape index (κ3) is 7.16. The molecule has 0 aliphatic carbocycles. The van der Waals surface area contributed by atoms with Gasteiger partial charge in [0.25, 0.3) is 0 Å². The first-order chi connectivity index (χ1) is 14.9. The number of H-pyrrole nitrogens is 1. The zero-order chi connectivity index (χ0) is 22.8. The molecule has 4 aromatic heterocycles. The molecule has 0 bridgehead atoms. The van der Waals surface area contributed by atoms with Crippen LogP contribution < -0.4 is 0 Å². The summed E-state index contributed by atoms with van der Waals surface area (Å²) in [7, 11) is 3.75. The quantitative estimate of drug-likeness (QED) is 0.324. The summed E-state index contributed by atoms with van der Waals surface area (Å²) in [4.78, 5) is 0. The fourth-order valence-corrected chi connectivity index (χ4v) is 3.01. The minimum absolute atomic E-state index is 0.0755. The number of hydrogen-bond donors (Lipinski definition) is 2. The van der Waals surface area contributed by atoms with Crippen molar-refractivity contribution in [2.24, 2.45) is 14.1 Å². The van der Waals surface area contributed by atoms with Crippen LogP contribution in [0.1, 0.15) is 22.3 Å². The Bertz CT molecular complexity index is 1180. The fraction of sp³-hybridized carbons (Fsp3) is 0.222. The van der Waals surface area contributed by atoms with E-state index in [4.69, 9.17) is 15.6 Å². The van der Waals surface area contributed by atoms with E-state index in [0.29, 0.717) is 17.7 Å². The van der Waals surface area contributed by atoms with E-state index in [2.05, 4.69) is 70.7 Å². The molecular weight excluding hydrogens is 626 g/mol. The molecule has 2 N–H and O–H groups in total. The second kappa shape index (κ2) is 12.2. The van der Waals surface area contributed by atoms with Crippen LogP contribution in [-0.2, 0) is 27.2 Å². The molecule has 13 heteroatoms. The molecule has 4 aromatic rings. The molecule has 4 rings (SSSR count). The molecule has 0 fully saturated rings. The van der Waals surface area contributed by atoms with E-state index in [1.807, 2.05) is 37.1 Å². The minimum atomic E-state index is 0.0755. The van der Waals surface area contributed by atoms with Crippen LogP contribution in [0.3, 0.4) is 0 Å². The molecule has 160 valence electrons. The third-order valence-corrected chi connectivity index (χ3v) is 6.55. The lowest BCUT2D eigenvalue weighted by atomic mass is 10.3. The summed E-state index contributed by atoms with van der Waals surface area (Å²) < 4.78 is 7.35. The van der Waals surface area contributed by atoms with E-state index in [1.54, 1.807) is 34.2 Å². The Balaban J connectivity index is 0.000000181. The molecule has 0 aliphatic rings. The first kappa shape index (κ1) is 24.5. The highest BCUT2D eigenvalue weighted by molar-refractivity contribution is 14.1. The summed E-state index contributed by atoms with van der Waals surface area (Å²) in [5, 5.41) is 43.7. The molecule has 0 saturated carbocycles. The number of aryl methyl sites for hydroxylation is 2. The maximum atomic E-state index is 8.67. The highest BCUT2D eigenvalue weighted by Gasteiger charge is 2.06. The van der Waals surface area contributed by atoms with Gasteiger partial charge in [-0.3, -0.25) is 19.1 Å². The number of aliphatic hydroxyl groups is 1. The average Bonchev–Trinajstić information content (AvgIpc) is 3.57. The molecule has 11 nitrogen and oxygen atoms in total. The number of aromatic nitrogens is 8. The lowest BCUT2D eigenvalue weighted by Crippen LogP contribution is -2.01. The van der Waals surface area contributed by atoms with Crippen LogP contribution in [0.4, 0.5) is 0 Å². The zero-order valence-corrected chi connectivity index (χ0v) is 20.9. The Morgan fingerprint density at radius 1 is 0.935 bits per heavy atom. The van der Waals surface area contributed by atoms with Gasteiger partial charge < -0.3 is 5.11 Å².